The van der Waals surface area contributed by atoms with E-state index in [-0.39, 0.29) is 17.1 Å². The number of nitrogens with zero attached hydrogens (tertiary/aromatic N) is 2. The highest BCUT2D eigenvalue weighted by molar-refractivity contribution is 5.93. The molecule has 0 radical (unpaired) electrons. The maximum atomic E-state index is 13.7. The van der Waals surface area contributed by atoms with Crippen LogP contribution in [0, 0.1) is 11.6 Å². The lowest BCUT2D eigenvalue weighted by Gasteiger charge is -2.15. The van der Waals surface area contributed by atoms with Crippen molar-refractivity contribution in [2.24, 2.45) is 0 Å². The number of benzene rings is 1. The number of halogens is 2. The van der Waals surface area contributed by atoms with E-state index in [0.29, 0.717) is 5.76 Å². The van der Waals surface area contributed by atoms with E-state index in [1.54, 1.807) is 12.1 Å². The first-order valence-corrected chi connectivity index (χ1v) is 7.56. The van der Waals surface area contributed by atoms with Gasteiger partial charge in [0.2, 0.25) is 5.91 Å². The number of hydrogen-bond donors (Lipinski definition) is 2. The third-order valence-electron chi connectivity index (χ3n) is 3.67. The molecule has 0 aliphatic heterocycles. The average Bonchev–Trinajstić information content (AvgIpc) is 3.14. The predicted octanol–water partition coefficient (Wildman–Crippen LogP) is 2.56. The van der Waals surface area contributed by atoms with Crippen LogP contribution in [0.3, 0.4) is 0 Å². The zero-order chi connectivity index (χ0) is 18.8. The van der Waals surface area contributed by atoms with E-state index in [4.69, 9.17) is 10.2 Å². The molecular weight excluding hydrogens is 346 g/mol. The molecule has 1 aromatic carbocycles. The first-order valence-electron chi connectivity index (χ1n) is 7.56. The van der Waals surface area contributed by atoms with E-state index in [0.717, 1.165) is 22.9 Å². The first kappa shape index (κ1) is 17.3. The highest BCUT2D eigenvalue weighted by Gasteiger charge is 2.21. The van der Waals surface area contributed by atoms with Crippen molar-refractivity contribution in [1.29, 1.82) is 0 Å². The molecule has 0 unspecified atom stereocenters. The summed E-state index contributed by atoms with van der Waals surface area (Å²) in [7, 11) is 0. The van der Waals surface area contributed by atoms with Gasteiger partial charge in [-0.05, 0) is 37.3 Å². The lowest BCUT2D eigenvalue weighted by Crippen LogP contribution is -2.34. The zero-order valence-electron chi connectivity index (χ0n) is 13.6. The number of nitrogens with one attached hydrogen (secondary N) is 1. The third-order valence-corrected chi connectivity index (χ3v) is 3.67. The highest BCUT2D eigenvalue weighted by Crippen LogP contribution is 2.20. The zero-order valence-corrected chi connectivity index (χ0v) is 13.6. The molecule has 1 amide bonds. The second-order valence-electron chi connectivity index (χ2n) is 5.50. The van der Waals surface area contributed by atoms with E-state index in [2.05, 4.69) is 10.4 Å². The number of amides is 1. The number of hydrogen-bond acceptors (Lipinski definition) is 5. The van der Waals surface area contributed by atoms with Crippen LogP contribution in [0.15, 0.2) is 51.9 Å². The Kier molecular flexibility index (Phi) is 4.53. The number of carbonyl (C=O) groups excluding carboxylic acids is 1. The maximum Gasteiger partial charge on any atom is 0.290 e. The van der Waals surface area contributed by atoms with Crippen LogP contribution in [0.2, 0.25) is 0 Å². The largest absolute Gasteiger partial charge is 0.463 e. The molecule has 0 saturated heterocycles. The fourth-order valence-corrected chi connectivity index (χ4v) is 2.28. The van der Waals surface area contributed by atoms with Crippen LogP contribution in [-0.2, 0) is 4.79 Å². The number of nitrogen functional groups attached to an aromatic ring is 1. The lowest BCUT2D eigenvalue weighted by atomic mass is 10.2. The lowest BCUT2D eigenvalue weighted by molar-refractivity contribution is -0.119. The number of aromatic nitrogens is 2. The molecule has 0 bridgehead atoms. The number of anilines is 2. The van der Waals surface area contributed by atoms with Crippen molar-refractivity contribution < 1.29 is 18.0 Å². The Morgan fingerprint density at radius 2 is 2.08 bits per heavy atom. The first-order chi connectivity index (χ1) is 12.4. The second kappa shape index (κ2) is 6.79. The molecule has 2 aromatic heterocycles. The average molecular weight is 360 g/mol. The number of furan rings is 1. The quantitative estimate of drug-likeness (QED) is 0.744. The van der Waals surface area contributed by atoms with Gasteiger partial charge in [0, 0.05) is 6.07 Å². The molecule has 0 aliphatic carbocycles. The molecule has 2 heterocycles. The van der Waals surface area contributed by atoms with Crippen molar-refractivity contribution >= 4 is 17.3 Å². The molecule has 3 N–H and O–H groups in total. The molecule has 0 aliphatic rings. The molecule has 3 aromatic rings. The molecular formula is C17H14F2N4O3. The van der Waals surface area contributed by atoms with Gasteiger partial charge >= 0.3 is 0 Å². The summed E-state index contributed by atoms with van der Waals surface area (Å²) in [6.07, 6.45) is 1.42. The summed E-state index contributed by atoms with van der Waals surface area (Å²) in [4.78, 5) is 24.6. The molecule has 26 heavy (non-hydrogen) atoms. The van der Waals surface area contributed by atoms with Gasteiger partial charge in [0.1, 0.15) is 29.1 Å². The summed E-state index contributed by atoms with van der Waals surface area (Å²) < 4.78 is 33.0. The van der Waals surface area contributed by atoms with Crippen molar-refractivity contribution in [2.75, 3.05) is 11.1 Å². The van der Waals surface area contributed by atoms with Gasteiger partial charge in [0.05, 0.1) is 12.0 Å². The Hall–Kier alpha value is -3.49. The minimum absolute atomic E-state index is 0.136. The Morgan fingerprint density at radius 3 is 2.77 bits per heavy atom. The summed E-state index contributed by atoms with van der Waals surface area (Å²) >= 11 is 0. The number of nitrogens with two attached hydrogens (primary N) is 1. The molecule has 0 saturated carbocycles. The Balaban J connectivity index is 1.94. The monoisotopic (exact) mass is 360 g/mol. The highest BCUT2D eigenvalue weighted by atomic mass is 19.1. The van der Waals surface area contributed by atoms with Crippen LogP contribution in [0.5, 0.6) is 0 Å². The van der Waals surface area contributed by atoms with Gasteiger partial charge in [-0.3, -0.25) is 9.59 Å². The Bertz CT molecular complexity index is 1020. The van der Waals surface area contributed by atoms with Crippen LogP contribution in [0.25, 0.3) is 11.5 Å². The fraction of sp³-hybridized carbons (Fsp3) is 0.118. The maximum absolute atomic E-state index is 13.7. The molecule has 3 rings (SSSR count). The third kappa shape index (κ3) is 3.32. The summed E-state index contributed by atoms with van der Waals surface area (Å²) in [6.45, 7) is 1.38. The predicted molar refractivity (Wildman–Crippen MR) is 90.3 cm³/mol. The van der Waals surface area contributed by atoms with Crippen molar-refractivity contribution in [1.82, 2.24) is 9.78 Å². The summed E-state index contributed by atoms with van der Waals surface area (Å²) in [6, 6.07) is 6.08. The van der Waals surface area contributed by atoms with Gasteiger partial charge in [-0.2, -0.15) is 5.10 Å². The fourth-order valence-electron chi connectivity index (χ4n) is 2.28. The minimum atomic E-state index is -1.14. The summed E-state index contributed by atoms with van der Waals surface area (Å²) in [5.41, 5.74) is 4.79. The number of rotatable bonds is 4. The van der Waals surface area contributed by atoms with Crippen LogP contribution in [0.1, 0.15) is 13.0 Å². The molecule has 134 valence electrons. The minimum Gasteiger partial charge on any atom is -0.463 e. The molecule has 1 atom stereocenters. The SMILES string of the molecule is C[C@H](C(=O)Nc1cc(F)ccc1F)n1nc(-c2ccco2)cc(N)c1=O. The molecule has 9 heteroatoms. The van der Waals surface area contributed by atoms with Gasteiger partial charge in [-0.15, -0.1) is 0 Å². The summed E-state index contributed by atoms with van der Waals surface area (Å²) in [5, 5.41) is 6.31. The van der Waals surface area contributed by atoms with E-state index in [1.807, 2.05) is 0 Å². The van der Waals surface area contributed by atoms with Crippen LogP contribution < -0.4 is 16.6 Å². The molecule has 0 spiro atoms. The van der Waals surface area contributed by atoms with Gasteiger partial charge < -0.3 is 15.5 Å². The molecule has 0 fully saturated rings. The van der Waals surface area contributed by atoms with E-state index < -0.39 is 29.1 Å². The normalized spacial score (nSPS) is 12.0. The summed E-state index contributed by atoms with van der Waals surface area (Å²) in [5.74, 6) is -1.93. The topological polar surface area (TPSA) is 103 Å². The van der Waals surface area contributed by atoms with Crippen molar-refractivity contribution in [3.63, 3.8) is 0 Å². The Labute approximate surface area is 146 Å². The number of carbonyl (C=O) groups is 1. The van der Waals surface area contributed by atoms with Crippen molar-refractivity contribution in [3.8, 4) is 11.5 Å². The van der Waals surface area contributed by atoms with Crippen LogP contribution in [0.4, 0.5) is 20.2 Å². The standard InChI is InChI=1S/C17H14F2N4O3/c1-9(16(24)21-13-7-10(18)4-5-11(13)19)23-17(25)12(20)8-14(22-23)15-3-2-6-26-15/h2-9H,20H2,1H3,(H,21,24)/t9-/m1/s1. The van der Waals surface area contributed by atoms with Crippen LogP contribution >= 0.6 is 0 Å². The van der Waals surface area contributed by atoms with E-state index in [9.17, 15) is 18.4 Å². The van der Waals surface area contributed by atoms with E-state index in [1.165, 1.54) is 19.3 Å². The van der Waals surface area contributed by atoms with Gasteiger partial charge in [0.15, 0.2) is 5.76 Å². The second-order valence-corrected chi connectivity index (χ2v) is 5.50. The molecule has 7 nitrogen and oxygen atoms in total. The smallest absolute Gasteiger partial charge is 0.290 e. The van der Waals surface area contributed by atoms with Gasteiger partial charge in [0.25, 0.3) is 5.56 Å². The van der Waals surface area contributed by atoms with Crippen LogP contribution in [-0.4, -0.2) is 15.7 Å². The van der Waals surface area contributed by atoms with E-state index >= 15 is 0 Å². The van der Waals surface area contributed by atoms with Crippen molar-refractivity contribution in [2.45, 2.75) is 13.0 Å². The Morgan fingerprint density at radius 1 is 1.31 bits per heavy atom. The van der Waals surface area contributed by atoms with Gasteiger partial charge in [-0.25, -0.2) is 13.5 Å². The van der Waals surface area contributed by atoms with Gasteiger partial charge in [-0.1, -0.05) is 0 Å². The van der Waals surface area contributed by atoms with Crippen molar-refractivity contribution in [3.05, 3.63) is 64.6 Å².